The van der Waals surface area contributed by atoms with Gasteiger partial charge in [0.2, 0.25) is 0 Å². The molecule has 0 bridgehead atoms. The number of ether oxygens (including phenoxy) is 1. The summed E-state index contributed by atoms with van der Waals surface area (Å²) in [6, 6.07) is 55.1. The molecule has 0 N–H and O–H groups in total. The van der Waals surface area contributed by atoms with Gasteiger partial charge in [-0.05, 0) is 40.5 Å². The molecule has 0 saturated heterocycles. The third kappa shape index (κ3) is 3.50. The van der Waals surface area contributed by atoms with Crippen molar-refractivity contribution in [2.75, 3.05) is 0 Å². The van der Waals surface area contributed by atoms with Crippen molar-refractivity contribution >= 4 is 0 Å². The van der Waals surface area contributed by atoms with Crippen molar-refractivity contribution in [3.63, 3.8) is 0 Å². The van der Waals surface area contributed by atoms with Crippen molar-refractivity contribution in [2.45, 2.75) is 5.41 Å². The highest BCUT2D eigenvalue weighted by Crippen LogP contribution is 2.63. The Hall–Kier alpha value is -5.80. The molecule has 0 saturated carbocycles. The lowest BCUT2D eigenvalue weighted by Crippen LogP contribution is -2.32. The van der Waals surface area contributed by atoms with Crippen molar-refractivity contribution in [3.8, 4) is 56.5 Å². The van der Waals surface area contributed by atoms with E-state index in [0.29, 0.717) is 5.82 Å². The van der Waals surface area contributed by atoms with Gasteiger partial charge < -0.3 is 4.74 Å². The first kappa shape index (κ1) is 24.8. The van der Waals surface area contributed by atoms with E-state index >= 15 is 0 Å². The molecule has 2 heterocycles. The number of hydrogen-bond donors (Lipinski definition) is 0. The molecule has 206 valence electrons. The Kier molecular flexibility index (Phi) is 5.41. The summed E-state index contributed by atoms with van der Waals surface area (Å²) in [5, 5.41) is 0. The number of rotatable bonds is 3. The minimum absolute atomic E-state index is 0.535. The molecule has 1 spiro atoms. The Labute approximate surface area is 256 Å². The maximum atomic E-state index is 6.51. The Bertz CT molecular complexity index is 2100. The van der Waals surface area contributed by atoms with Crippen LogP contribution in [-0.2, 0) is 5.41 Å². The molecule has 0 atom stereocenters. The predicted octanol–water partition coefficient (Wildman–Crippen LogP) is 9.95. The van der Waals surface area contributed by atoms with Crippen LogP contribution >= 0.6 is 0 Å². The maximum absolute atomic E-state index is 6.51. The van der Waals surface area contributed by atoms with E-state index in [4.69, 9.17) is 14.7 Å². The highest BCUT2D eigenvalue weighted by Gasteiger charge is 2.51. The fraction of sp³-hybridized carbons (Fsp3) is 0.0244. The zero-order valence-electron chi connectivity index (χ0n) is 23.8. The second kappa shape index (κ2) is 9.62. The van der Waals surface area contributed by atoms with Crippen LogP contribution in [0.2, 0.25) is 0 Å². The number of hydrogen-bond acceptors (Lipinski definition) is 3. The number of benzene rings is 6. The molecule has 9 rings (SSSR count). The monoisotopic (exact) mass is 562 g/mol. The number of aromatic nitrogens is 2. The van der Waals surface area contributed by atoms with Crippen LogP contribution in [0.1, 0.15) is 22.3 Å². The van der Waals surface area contributed by atoms with E-state index in [-0.39, 0.29) is 0 Å². The van der Waals surface area contributed by atoms with Gasteiger partial charge in [-0.15, -0.1) is 0 Å². The van der Waals surface area contributed by atoms with E-state index in [9.17, 15) is 0 Å². The molecule has 44 heavy (non-hydrogen) atoms. The molecule has 1 aromatic heterocycles. The molecule has 1 aliphatic heterocycles. The molecule has 0 amide bonds. The van der Waals surface area contributed by atoms with E-state index in [1.54, 1.807) is 0 Å². The van der Waals surface area contributed by atoms with E-state index in [2.05, 4.69) is 133 Å². The van der Waals surface area contributed by atoms with Gasteiger partial charge in [-0.1, -0.05) is 140 Å². The van der Waals surface area contributed by atoms with Gasteiger partial charge in [-0.25, -0.2) is 9.97 Å². The number of para-hydroxylation sites is 2. The van der Waals surface area contributed by atoms with Gasteiger partial charge >= 0.3 is 0 Å². The van der Waals surface area contributed by atoms with E-state index < -0.39 is 5.41 Å². The normalized spacial score (nSPS) is 13.4. The molecule has 6 aromatic carbocycles. The van der Waals surface area contributed by atoms with E-state index in [0.717, 1.165) is 50.7 Å². The second-order valence-electron chi connectivity index (χ2n) is 11.3. The lowest BCUT2D eigenvalue weighted by atomic mass is 9.66. The summed E-state index contributed by atoms with van der Waals surface area (Å²) in [6.07, 6.45) is 0. The first-order valence-electron chi connectivity index (χ1n) is 14.9. The van der Waals surface area contributed by atoms with Crippen molar-refractivity contribution in [1.82, 2.24) is 9.97 Å². The lowest BCUT2D eigenvalue weighted by Gasteiger charge is -2.39. The topological polar surface area (TPSA) is 35.0 Å². The van der Waals surface area contributed by atoms with Gasteiger partial charge in [-0.2, -0.15) is 0 Å². The van der Waals surface area contributed by atoms with Crippen LogP contribution in [0.15, 0.2) is 158 Å². The summed E-state index contributed by atoms with van der Waals surface area (Å²) < 4.78 is 6.51. The molecule has 2 aliphatic rings. The van der Waals surface area contributed by atoms with Crippen LogP contribution < -0.4 is 4.74 Å². The third-order valence-electron chi connectivity index (χ3n) is 8.98. The van der Waals surface area contributed by atoms with Crippen molar-refractivity contribution in [2.24, 2.45) is 0 Å². The summed E-state index contributed by atoms with van der Waals surface area (Å²) in [4.78, 5) is 10.5. The number of nitrogens with zero attached hydrogens (tertiary/aromatic N) is 2. The molecule has 3 nitrogen and oxygen atoms in total. The van der Waals surface area contributed by atoms with E-state index in [1.807, 2.05) is 24.3 Å². The Balaban J connectivity index is 1.37. The first-order chi connectivity index (χ1) is 21.8. The Morgan fingerprint density at radius 3 is 1.50 bits per heavy atom. The number of fused-ring (bicyclic) bond motifs is 9. The smallest absolute Gasteiger partial charge is 0.161 e. The van der Waals surface area contributed by atoms with Gasteiger partial charge in [0.15, 0.2) is 5.82 Å². The summed E-state index contributed by atoms with van der Waals surface area (Å²) in [6.45, 7) is 0. The summed E-state index contributed by atoms with van der Waals surface area (Å²) in [7, 11) is 0. The van der Waals surface area contributed by atoms with Gasteiger partial charge in [0, 0.05) is 27.8 Å². The minimum Gasteiger partial charge on any atom is -0.457 e. The quantitative estimate of drug-likeness (QED) is 0.215. The molecule has 7 aromatic rings. The van der Waals surface area contributed by atoms with Crippen LogP contribution in [0.3, 0.4) is 0 Å². The molecule has 0 unspecified atom stereocenters. The third-order valence-corrected chi connectivity index (χ3v) is 8.98. The van der Waals surface area contributed by atoms with Crippen molar-refractivity contribution < 1.29 is 4.74 Å². The molecule has 3 heteroatoms. The second-order valence-corrected chi connectivity index (χ2v) is 11.3. The predicted molar refractivity (Wildman–Crippen MR) is 176 cm³/mol. The average molecular weight is 563 g/mol. The van der Waals surface area contributed by atoms with Gasteiger partial charge in [0.1, 0.15) is 11.5 Å². The van der Waals surface area contributed by atoms with Crippen molar-refractivity contribution in [3.05, 3.63) is 180 Å². The molecule has 0 radical (unpaired) electrons. The zero-order chi connectivity index (χ0) is 29.1. The SMILES string of the molecule is c1ccc(-c2cc(-c3ccccc3)nc(-c3cccc4c3-c3ccccc3C43c4ccccc4Oc4ccccc43)n2)cc1. The van der Waals surface area contributed by atoms with Crippen LogP contribution in [0.25, 0.3) is 45.0 Å². The standard InChI is InChI=1S/C41H26N2O/c1-3-14-27(15-4-1)35-26-36(28-16-5-2-6-17-28)43-40(42-35)30-19-13-23-34-39(30)29-18-7-8-20-31(29)41(34)32-21-9-11-24-37(32)44-38-25-12-10-22-33(38)41/h1-26H. The van der Waals surface area contributed by atoms with Crippen LogP contribution in [-0.4, -0.2) is 9.97 Å². The molecular formula is C41H26N2O. The van der Waals surface area contributed by atoms with Crippen LogP contribution in [0, 0.1) is 0 Å². The van der Waals surface area contributed by atoms with E-state index in [1.165, 1.54) is 22.3 Å². The maximum Gasteiger partial charge on any atom is 0.161 e. The summed E-state index contributed by atoms with van der Waals surface area (Å²) in [5.41, 5.74) is 11.5. The molecule has 1 aliphatic carbocycles. The van der Waals surface area contributed by atoms with Crippen LogP contribution in [0.4, 0.5) is 0 Å². The minimum atomic E-state index is -0.535. The largest absolute Gasteiger partial charge is 0.457 e. The Morgan fingerprint density at radius 2 is 0.886 bits per heavy atom. The van der Waals surface area contributed by atoms with Gasteiger partial charge in [-0.3, -0.25) is 0 Å². The molecule has 0 fully saturated rings. The summed E-state index contributed by atoms with van der Waals surface area (Å²) >= 11 is 0. The molecular weight excluding hydrogens is 536 g/mol. The average Bonchev–Trinajstić information content (AvgIpc) is 3.40. The fourth-order valence-corrected chi connectivity index (χ4v) is 7.17. The summed E-state index contributed by atoms with van der Waals surface area (Å²) in [5.74, 6) is 2.48. The Morgan fingerprint density at radius 1 is 0.409 bits per heavy atom. The highest BCUT2D eigenvalue weighted by atomic mass is 16.5. The lowest BCUT2D eigenvalue weighted by molar-refractivity contribution is 0.436. The van der Waals surface area contributed by atoms with Gasteiger partial charge in [0.05, 0.1) is 16.8 Å². The highest BCUT2D eigenvalue weighted by molar-refractivity contribution is 5.95. The van der Waals surface area contributed by atoms with Crippen LogP contribution in [0.5, 0.6) is 11.5 Å². The van der Waals surface area contributed by atoms with Gasteiger partial charge in [0.25, 0.3) is 0 Å². The zero-order valence-corrected chi connectivity index (χ0v) is 23.8. The fourth-order valence-electron chi connectivity index (χ4n) is 7.17. The first-order valence-corrected chi connectivity index (χ1v) is 14.9. The van der Waals surface area contributed by atoms with Crippen molar-refractivity contribution in [1.29, 1.82) is 0 Å².